The van der Waals surface area contributed by atoms with Gasteiger partial charge < -0.3 is 25.7 Å². The summed E-state index contributed by atoms with van der Waals surface area (Å²) in [6.07, 6.45) is 4.73. The number of nitrogens with two attached hydrogens (primary N) is 1. The first-order chi connectivity index (χ1) is 19.4. The number of amides is 2. The lowest BCUT2D eigenvalue weighted by atomic mass is 9.96. The second kappa shape index (κ2) is 12.4. The van der Waals surface area contributed by atoms with E-state index < -0.39 is 17.9 Å². The lowest BCUT2D eigenvalue weighted by molar-refractivity contribution is -0.119. The van der Waals surface area contributed by atoms with Crippen molar-refractivity contribution in [1.82, 2.24) is 20.2 Å². The average molecular weight is 558 g/mol. The van der Waals surface area contributed by atoms with Crippen molar-refractivity contribution in [2.45, 2.75) is 44.9 Å². The molecule has 9 heteroatoms. The van der Waals surface area contributed by atoms with Gasteiger partial charge in [-0.05, 0) is 36.2 Å². The van der Waals surface area contributed by atoms with E-state index >= 15 is 0 Å². The summed E-state index contributed by atoms with van der Waals surface area (Å²) in [5, 5.41) is 7.00. The number of hydrogen-bond donors (Lipinski definition) is 3. The van der Waals surface area contributed by atoms with Gasteiger partial charge in [0, 0.05) is 48.8 Å². The van der Waals surface area contributed by atoms with Crippen LogP contribution in [-0.2, 0) is 24.3 Å². The predicted molar refractivity (Wildman–Crippen MR) is 154 cm³/mol. The maximum absolute atomic E-state index is 13.3. The summed E-state index contributed by atoms with van der Waals surface area (Å²) in [4.78, 5) is 29.8. The Kier molecular flexibility index (Phi) is 8.48. The molecule has 5 rings (SSSR count). The molecule has 206 valence electrons. The Morgan fingerprint density at radius 1 is 1.10 bits per heavy atom. The molecule has 1 aromatic heterocycles. The number of ether oxygens (including phenoxy) is 1. The summed E-state index contributed by atoms with van der Waals surface area (Å²) in [6.45, 7) is 3.89. The van der Waals surface area contributed by atoms with Crippen LogP contribution in [0.1, 0.15) is 50.8 Å². The molecule has 0 spiro atoms. The van der Waals surface area contributed by atoms with E-state index in [2.05, 4.69) is 51.4 Å². The third kappa shape index (κ3) is 6.52. The van der Waals surface area contributed by atoms with Crippen LogP contribution in [0.25, 0.3) is 0 Å². The zero-order valence-corrected chi connectivity index (χ0v) is 23.0. The van der Waals surface area contributed by atoms with Gasteiger partial charge in [0.25, 0.3) is 5.91 Å². The third-order valence-electron chi connectivity index (χ3n) is 7.12. The molecule has 8 nitrogen and oxygen atoms in total. The number of aryl methyl sites for hydroxylation is 1. The van der Waals surface area contributed by atoms with E-state index in [1.165, 1.54) is 11.1 Å². The number of carbonyl (C=O) groups excluding carboxylic acids is 2. The highest BCUT2D eigenvalue weighted by atomic mass is 35.5. The highest BCUT2D eigenvalue weighted by molar-refractivity contribution is 6.30. The number of rotatable bonds is 10. The van der Waals surface area contributed by atoms with Crippen LogP contribution in [0.5, 0.6) is 5.75 Å². The Balaban J connectivity index is 1.27. The van der Waals surface area contributed by atoms with Gasteiger partial charge in [0.05, 0.1) is 24.2 Å². The molecule has 2 unspecified atom stereocenters. The first-order valence-electron chi connectivity index (χ1n) is 13.3. The molecule has 2 amide bonds. The number of aromatic nitrogens is 2. The van der Waals surface area contributed by atoms with Crippen LogP contribution in [0, 0.1) is 6.92 Å². The van der Waals surface area contributed by atoms with E-state index in [0.717, 1.165) is 29.8 Å². The Hall–Kier alpha value is -4.14. The Bertz CT molecular complexity index is 1480. The lowest BCUT2D eigenvalue weighted by Gasteiger charge is -2.28. The van der Waals surface area contributed by atoms with E-state index in [1.54, 1.807) is 30.3 Å². The first-order valence-corrected chi connectivity index (χ1v) is 13.6. The molecule has 2 heterocycles. The number of hydrogen-bond acceptors (Lipinski definition) is 5. The SMILES string of the molecule is Cc1ccc(Cn2cncc2CNC2CCOc3c(C(=O)NC(Cc4ccc(Cl)cc4)C(N)=O)cccc32)cc1. The number of nitrogens with one attached hydrogen (secondary N) is 2. The van der Waals surface area contributed by atoms with Crippen LogP contribution in [0.4, 0.5) is 0 Å². The van der Waals surface area contributed by atoms with Gasteiger partial charge in [-0.25, -0.2) is 4.98 Å². The van der Waals surface area contributed by atoms with Crippen molar-refractivity contribution >= 4 is 23.4 Å². The Morgan fingerprint density at radius 3 is 2.60 bits per heavy atom. The standard InChI is InChI=1S/C31H32ClN5O3/c1-20-5-7-22(8-6-20)18-37-19-34-16-24(37)17-35-27-13-14-40-29-25(27)3-2-4-26(29)31(39)36-28(30(33)38)15-21-9-11-23(32)12-10-21/h2-12,16,19,27-28,35H,13-15,17-18H2,1H3,(H2,33,38)(H,36,39). The van der Waals surface area contributed by atoms with Crippen molar-refractivity contribution in [3.63, 3.8) is 0 Å². The largest absolute Gasteiger partial charge is 0.492 e. The molecule has 40 heavy (non-hydrogen) atoms. The predicted octanol–water partition coefficient (Wildman–Crippen LogP) is 4.33. The number of para-hydroxylation sites is 1. The minimum Gasteiger partial charge on any atom is -0.492 e. The van der Waals surface area contributed by atoms with Crippen LogP contribution in [0.3, 0.4) is 0 Å². The number of benzene rings is 3. The summed E-state index contributed by atoms with van der Waals surface area (Å²) in [5.41, 5.74) is 11.2. The topological polar surface area (TPSA) is 111 Å². The van der Waals surface area contributed by atoms with Crippen LogP contribution in [0.2, 0.25) is 5.02 Å². The van der Waals surface area contributed by atoms with Crippen molar-refractivity contribution < 1.29 is 14.3 Å². The van der Waals surface area contributed by atoms with Gasteiger partial charge in [0.1, 0.15) is 11.8 Å². The van der Waals surface area contributed by atoms with Crippen molar-refractivity contribution in [1.29, 1.82) is 0 Å². The second-order valence-electron chi connectivity index (χ2n) is 10.1. The average Bonchev–Trinajstić information content (AvgIpc) is 3.40. The van der Waals surface area contributed by atoms with Gasteiger partial charge in [-0.3, -0.25) is 9.59 Å². The monoisotopic (exact) mass is 557 g/mol. The Morgan fingerprint density at radius 2 is 1.85 bits per heavy atom. The zero-order chi connectivity index (χ0) is 28.1. The van der Waals surface area contributed by atoms with E-state index in [4.69, 9.17) is 22.1 Å². The zero-order valence-electron chi connectivity index (χ0n) is 22.3. The van der Waals surface area contributed by atoms with Gasteiger partial charge in [0.15, 0.2) is 0 Å². The van der Waals surface area contributed by atoms with Gasteiger partial charge >= 0.3 is 0 Å². The molecular formula is C31H32ClN5O3. The summed E-state index contributed by atoms with van der Waals surface area (Å²) >= 11 is 5.97. The van der Waals surface area contributed by atoms with Gasteiger partial charge in [0.2, 0.25) is 5.91 Å². The number of halogens is 1. The fraction of sp³-hybridized carbons (Fsp3) is 0.258. The summed E-state index contributed by atoms with van der Waals surface area (Å²) < 4.78 is 8.11. The molecule has 1 aliphatic heterocycles. The fourth-order valence-electron chi connectivity index (χ4n) is 4.89. The Labute approximate surface area is 238 Å². The minimum atomic E-state index is -0.879. The van der Waals surface area contributed by atoms with E-state index in [0.29, 0.717) is 29.5 Å². The molecule has 1 aliphatic rings. The normalized spacial score (nSPS) is 15.1. The molecule has 0 fully saturated rings. The third-order valence-corrected chi connectivity index (χ3v) is 7.37. The maximum atomic E-state index is 13.3. The quantitative estimate of drug-likeness (QED) is 0.269. The molecule has 4 N–H and O–H groups in total. The smallest absolute Gasteiger partial charge is 0.255 e. The van der Waals surface area contributed by atoms with Gasteiger partial charge in [-0.1, -0.05) is 65.7 Å². The van der Waals surface area contributed by atoms with Crippen molar-refractivity contribution in [2.75, 3.05) is 6.61 Å². The highest BCUT2D eigenvalue weighted by Crippen LogP contribution is 2.35. The van der Waals surface area contributed by atoms with Crippen LogP contribution in [-0.4, -0.2) is 34.0 Å². The minimum absolute atomic E-state index is 0.0137. The molecule has 0 saturated carbocycles. The molecular weight excluding hydrogens is 526 g/mol. The van der Waals surface area contributed by atoms with Gasteiger partial charge in [-0.15, -0.1) is 0 Å². The van der Waals surface area contributed by atoms with Crippen molar-refractivity contribution in [3.8, 4) is 5.75 Å². The van der Waals surface area contributed by atoms with E-state index in [1.807, 2.05) is 24.7 Å². The van der Waals surface area contributed by atoms with Crippen LogP contribution >= 0.6 is 11.6 Å². The van der Waals surface area contributed by atoms with Crippen LogP contribution < -0.4 is 21.1 Å². The molecule has 0 saturated heterocycles. The lowest BCUT2D eigenvalue weighted by Crippen LogP contribution is -2.46. The van der Waals surface area contributed by atoms with Crippen molar-refractivity contribution in [2.24, 2.45) is 5.73 Å². The fourth-order valence-corrected chi connectivity index (χ4v) is 5.01. The number of imidazole rings is 1. The van der Waals surface area contributed by atoms with Crippen LogP contribution in [0.15, 0.2) is 79.3 Å². The summed E-state index contributed by atoms with van der Waals surface area (Å²) in [7, 11) is 0. The number of nitrogens with zero attached hydrogens (tertiary/aromatic N) is 2. The summed E-state index contributed by atoms with van der Waals surface area (Å²) in [5.74, 6) is -0.506. The molecule has 3 aromatic carbocycles. The van der Waals surface area contributed by atoms with E-state index in [9.17, 15) is 9.59 Å². The molecule has 0 bridgehead atoms. The number of primary amides is 1. The molecule has 4 aromatic rings. The first kappa shape index (κ1) is 27.4. The van der Waals surface area contributed by atoms with Gasteiger partial charge in [-0.2, -0.15) is 0 Å². The van der Waals surface area contributed by atoms with E-state index in [-0.39, 0.29) is 12.5 Å². The molecule has 0 aliphatic carbocycles. The van der Waals surface area contributed by atoms with Crippen molar-refractivity contribution in [3.05, 3.63) is 118 Å². The second-order valence-corrected chi connectivity index (χ2v) is 10.5. The number of fused-ring (bicyclic) bond motifs is 1. The summed E-state index contributed by atoms with van der Waals surface area (Å²) in [6, 6.07) is 20.2. The number of carbonyl (C=O) groups is 2. The highest BCUT2D eigenvalue weighted by Gasteiger charge is 2.28. The molecule has 2 atom stereocenters. The maximum Gasteiger partial charge on any atom is 0.255 e. The molecule has 0 radical (unpaired) electrons.